The van der Waals surface area contributed by atoms with Crippen LogP contribution < -0.4 is 32.7 Å². The molecule has 0 aromatic heterocycles. The molecule has 0 spiro atoms. The number of amides is 2. The van der Waals surface area contributed by atoms with Crippen molar-refractivity contribution in [3.05, 3.63) is 0 Å². The number of rotatable bonds is 33. The van der Waals surface area contributed by atoms with Crippen molar-refractivity contribution in [3.8, 4) is 0 Å². The van der Waals surface area contributed by atoms with Crippen LogP contribution in [0.2, 0.25) is 0 Å². The number of nitrogens with two attached hydrogens (primary N) is 2. The van der Waals surface area contributed by atoms with Crippen LogP contribution in [0.15, 0.2) is 0 Å². The van der Waals surface area contributed by atoms with Crippen LogP contribution in [0.4, 0.5) is 0 Å². The first-order valence-electron chi connectivity index (χ1n) is 20.3. The van der Waals surface area contributed by atoms with E-state index in [9.17, 15) is 9.59 Å². The van der Waals surface area contributed by atoms with Crippen molar-refractivity contribution in [1.82, 2.24) is 21.3 Å². The fraction of sp³-hybridized carbons (Fsp3) is 0.846. The normalized spacial score (nSPS) is 10.5. The van der Waals surface area contributed by atoms with Crippen LogP contribution in [-0.2, 0) is 9.59 Å². The first kappa shape index (κ1) is 51.6. The maximum atomic E-state index is 11.7. The number of hydrogen-bond acceptors (Lipinski definition) is 6. The van der Waals surface area contributed by atoms with Gasteiger partial charge in [0.2, 0.25) is 11.8 Å². The van der Waals surface area contributed by atoms with Crippen molar-refractivity contribution in [2.45, 2.75) is 187 Å². The Kier molecular flexibility index (Phi) is 41.7. The fourth-order valence-corrected chi connectivity index (χ4v) is 5.81. The highest BCUT2D eigenvalue weighted by Gasteiger charge is 2.02. The van der Waals surface area contributed by atoms with E-state index in [1.807, 2.05) is 6.92 Å². The van der Waals surface area contributed by atoms with E-state index in [0.29, 0.717) is 22.8 Å². The number of hydrogen-bond donors (Lipinski definition) is 6. The molecule has 0 radical (unpaired) electrons. The lowest BCUT2D eigenvalue weighted by atomic mass is 10.1. The average Bonchev–Trinajstić information content (AvgIpc) is 3.11. The van der Waals surface area contributed by atoms with Crippen molar-refractivity contribution >= 4 is 80.6 Å². The molecule has 0 bridgehead atoms. The Bertz CT molecular complexity index is 907. The Labute approximate surface area is 334 Å². The maximum Gasteiger partial charge on any atom is 0.219 e. The highest BCUT2D eigenvalue weighted by molar-refractivity contribution is 7.89. The molecule has 0 aromatic carbocycles. The van der Waals surface area contributed by atoms with Crippen LogP contribution in [-0.4, -0.2) is 57.9 Å². The van der Waals surface area contributed by atoms with Crippen LogP contribution >= 0.6 is 48.9 Å². The zero-order valence-corrected chi connectivity index (χ0v) is 35.8. The van der Waals surface area contributed by atoms with Crippen molar-refractivity contribution < 1.29 is 9.59 Å². The minimum absolute atomic E-state index is 0.160. The molecule has 0 rings (SSSR count). The summed E-state index contributed by atoms with van der Waals surface area (Å²) in [6.07, 6.45) is 32.4. The molecule has 12 heteroatoms. The lowest BCUT2D eigenvalue weighted by molar-refractivity contribution is -0.121. The molecule has 0 heterocycles. The summed E-state index contributed by atoms with van der Waals surface area (Å²) in [7, 11) is 0. The molecule has 0 aliphatic rings. The summed E-state index contributed by atoms with van der Waals surface area (Å²) in [6.45, 7) is 7.51. The minimum atomic E-state index is 0.160. The van der Waals surface area contributed by atoms with E-state index in [1.54, 1.807) is 0 Å². The second-order valence-corrected chi connectivity index (χ2v) is 15.2. The molecule has 0 aliphatic heterocycles. The zero-order valence-electron chi connectivity index (χ0n) is 32.5. The van der Waals surface area contributed by atoms with Crippen molar-refractivity contribution in [3.63, 3.8) is 0 Å². The lowest BCUT2D eigenvalue weighted by Crippen LogP contribution is -2.33. The molecule has 51 heavy (non-hydrogen) atoms. The Morgan fingerprint density at radius 1 is 0.392 bits per heavy atom. The minimum Gasteiger partial charge on any atom is -0.388 e. The van der Waals surface area contributed by atoms with Crippen molar-refractivity contribution in [1.29, 1.82) is 0 Å². The maximum absolute atomic E-state index is 11.7. The van der Waals surface area contributed by atoms with E-state index in [-0.39, 0.29) is 21.8 Å². The van der Waals surface area contributed by atoms with Crippen LogP contribution in [0.3, 0.4) is 0 Å². The van der Waals surface area contributed by atoms with E-state index in [2.05, 4.69) is 28.2 Å². The topological polar surface area (TPSA) is 134 Å². The highest BCUT2D eigenvalue weighted by atomic mass is 32.1. The summed E-state index contributed by atoms with van der Waals surface area (Å²) in [5, 5.41) is 12.1. The molecule has 0 saturated heterocycles. The van der Waals surface area contributed by atoms with Crippen LogP contribution in [0, 0.1) is 0 Å². The van der Waals surface area contributed by atoms with E-state index in [1.165, 1.54) is 128 Å². The molecule has 2 amide bonds. The molecule has 0 fully saturated rings. The molecule has 0 atom stereocenters. The van der Waals surface area contributed by atoms with Crippen LogP contribution in [0.1, 0.15) is 187 Å². The summed E-state index contributed by atoms with van der Waals surface area (Å²) < 4.78 is 0. The van der Waals surface area contributed by atoms with Gasteiger partial charge in [-0.1, -0.05) is 191 Å². The quantitative estimate of drug-likeness (QED) is 0.0283. The van der Waals surface area contributed by atoms with Gasteiger partial charge in [0.15, 0.2) is 0 Å². The molecule has 8 N–H and O–H groups in total. The van der Waals surface area contributed by atoms with E-state index < -0.39 is 0 Å². The summed E-state index contributed by atoms with van der Waals surface area (Å²) in [6, 6.07) is 0. The Hall–Kier alpha value is -1.50. The van der Waals surface area contributed by atoms with Crippen molar-refractivity contribution in [2.24, 2.45) is 11.5 Å². The predicted octanol–water partition coefficient (Wildman–Crippen LogP) is 9.18. The molecule has 8 nitrogen and oxygen atoms in total. The number of unbranched alkanes of at least 4 members (excludes halogenated alkanes) is 22. The van der Waals surface area contributed by atoms with Gasteiger partial charge in [0.1, 0.15) is 20.0 Å². The van der Waals surface area contributed by atoms with E-state index >= 15 is 0 Å². The standard InChI is InChI=1S/C22H43N3OS2.C17H33N3OS2/c1-2-3-4-11-14-17-20(26)24-18-15-12-9-7-5-6-8-10-13-16-19-25-22(28)21(23)27;1-2-15(21)19-13-11-9-7-5-3-4-6-8-10-12-14-20-17(23)16(18)22/h2-19H2,1H3,(H2,23,27)(H,24,26)(H,25,28);2-14H2,1H3,(H2,18,22)(H,19,21)(H,20,23). The van der Waals surface area contributed by atoms with Gasteiger partial charge < -0.3 is 32.7 Å². The van der Waals surface area contributed by atoms with E-state index in [0.717, 1.165) is 58.3 Å². The average molecular weight is 789 g/mol. The fourth-order valence-electron chi connectivity index (χ4n) is 5.46. The van der Waals surface area contributed by atoms with Gasteiger partial charge in [-0.2, -0.15) is 0 Å². The number of nitrogens with one attached hydrogen (secondary N) is 4. The summed E-state index contributed by atoms with van der Waals surface area (Å²) in [5.74, 6) is 0.395. The Morgan fingerprint density at radius 2 is 0.667 bits per heavy atom. The molecule has 0 unspecified atom stereocenters. The van der Waals surface area contributed by atoms with Crippen LogP contribution in [0.5, 0.6) is 0 Å². The second kappa shape index (κ2) is 41.3. The van der Waals surface area contributed by atoms with Gasteiger partial charge in [-0.15, -0.1) is 0 Å². The molecule has 298 valence electrons. The molecule has 0 aliphatic carbocycles. The monoisotopic (exact) mass is 788 g/mol. The van der Waals surface area contributed by atoms with Crippen LogP contribution in [0.25, 0.3) is 0 Å². The highest BCUT2D eigenvalue weighted by Crippen LogP contribution is 2.12. The SMILES string of the molecule is CCC(=O)NCCCCCCCCCCCCNC(=S)C(N)=S.CCCCCCCC(=O)NCCCCCCCCCCCCNC(=S)C(N)=S. The third-order valence-corrected chi connectivity index (χ3v) is 10.1. The molecule has 0 saturated carbocycles. The Morgan fingerprint density at radius 3 is 0.980 bits per heavy atom. The van der Waals surface area contributed by atoms with Gasteiger partial charge >= 0.3 is 0 Å². The van der Waals surface area contributed by atoms with Crippen molar-refractivity contribution in [2.75, 3.05) is 26.2 Å². The third-order valence-electron chi connectivity index (χ3n) is 8.70. The van der Waals surface area contributed by atoms with E-state index in [4.69, 9.17) is 60.3 Å². The molecular weight excluding hydrogens is 713 g/mol. The van der Waals surface area contributed by atoms with Gasteiger partial charge in [-0.25, -0.2) is 0 Å². The molecular formula is C39H76N6O2S4. The lowest BCUT2D eigenvalue weighted by Gasteiger charge is -2.06. The van der Waals surface area contributed by atoms with Gasteiger partial charge in [0, 0.05) is 39.0 Å². The summed E-state index contributed by atoms with van der Waals surface area (Å²) in [4.78, 5) is 24.3. The number of thiocarbonyl (C=S) groups is 4. The van der Waals surface area contributed by atoms with Gasteiger partial charge in [0.25, 0.3) is 0 Å². The summed E-state index contributed by atoms with van der Waals surface area (Å²) >= 11 is 19.6. The second-order valence-electron chi connectivity index (χ2n) is 13.5. The number of carbonyl (C=O) groups excluding carboxylic acids is 2. The largest absolute Gasteiger partial charge is 0.388 e. The first-order valence-corrected chi connectivity index (χ1v) is 22.0. The summed E-state index contributed by atoms with van der Waals surface area (Å²) in [5.41, 5.74) is 10.8. The Balaban J connectivity index is 0. The first-order chi connectivity index (χ1) is 24.6. The molecule has 0 aromatic rings. The number of carbonyl (C=O) groups is 2. The van der Waals surface area contributed by atoms with Gasteiger partial charge in [-0.3, -0.25) is 9.59 Å². The zero-order chi connectivity index (χ0) is 38.2. The smallest absolute Gasteiger partial charge is 0.219 e. The van der Waals surface area contributed by atoms with Gasteiger partial charge in [-0.05, 0) is 32.1 Å². The predicted molar refractivity (Wildman–Crippen MR) is 237 cm³/mol. The third kappa shape index (κ3) is 42.8. The van der Waals surface area contributed by atoms with Gasteiger partial charge in [0.05, 0.1) is 0 Å².